The summed E-state index contributed by atoms with van der Waals surface area (Å²) < 4.78 is 5.36. The molecule has 1 aliphatic heterocycles. The number of ether oxygens (including phenoxy) is 1. The topological polar surface area (TPSA) is 55.6 Å². The van der Waals surface area contributed by atoms with Gasteiger partial charge in [0.05, 0.1) is 12.7 Å². The van der Waals surface area contributed by atoms with Crippen LogP contribution >= 0.6 is 0 Å². The average molecular weight is 158 g/mol. The number of amides is 2. The van der Waals surface area contributed by atoms with Gasteiger partial charge in [0, 0.05) is 13.1 Å². The van der Waals surface area contributed by atoms with E-state index in [0.717, 1.165) is 6.42 Å². The molecule has 64 valence electrons. The van der Waals surface area contributed by atoms with Crippen molar-refractivity contribution in [3.8, 4) is 0 Å². The average Bonchev–Trinajstić information content (AvgIpc) is 2.05. The monoisotopic (exact) mass is 158 g/mol. The van der Waals surface area contributed by atoms with Gasteiger partial charge >= 0.3 is 6.03 Å². The largest absolute Gasteiger partial charge is 0.375 e. The number of morpholine rings is 1. The molecule has 0 aromatic heterocycles. The molecule has 1 heterocycles. The Balaban J connectivity index is 2.39. The lowest BCUT2D eigenvalue weighted by molar-refractivity contribution is -0.0141. The minimum atomic E-state index is -0.341. The zero-order valence-corrected chi connectivity index (χ0v) is 6.75. The number of urea groups is 1. The van der Waals surface area contributed by atoms with Crippen molar-refractivity contribution >= 4 is 6.03 Å². The summed E-state index contributed by atoms with van der Waals surface area (Å²) in [6, 6.07) is -0.341. The van der Waals surface area contributed by atoms with Gasteiger partial charge in [0.2, 0.25) is 0 Å². The Morgan fingerprint density at radius 1 is 1.82 bits per heavy atom. The Hall–Kier alpha value is -0.770. The van der Waals surface area contributed by atoms with Gasteiger partial charge in [0.15, 0.2) is 0 Å². The van der Waals surface area contributed by atoms with Crippen LogP contribution in [0.1, 0.15) is 13.3 Å². The lowest BCUT2D eigenvalue weighted by Gasteiger charge is -2.31. The molecule has 0 aromatic rings. The van der Waals surface area contributed by atoms with Crippen molar-refractivity contribution < 1.29 is 9.53 Å². The van der Waals surface area contributed by atoms with Gasteiger partial charge < -0.3 is 15.4 Å². The van der Waals surface area contributed by atoms with Gasteiger partial charge in [-0.05, 0) is 6.42 Å². The zero-order valence-electron chi connectivity index (χ0n) is 6.75. The van der Waals surface area contributed by atoms with Crippen LogP contribution in [0.3, 0.4) is 0 Å². The summed E-state index contributed by atoms with van der Waals surface area (Å²) in [5, 5.41) is 0. The van der Waals surface area contributed by atoms with Gasteiger partial charge in [-0.1, -0.05) is 6.92 Å². The fourth-order valence-corrected chi connectivity index (χ4v) is 1.17. The lowest BCUT2D eigenvalue weighted by Crippen LogP contribution is -2.47. The summed E-state index contributed by atoms with van der Waals surface area (Å²) in [5.41, 5.74) is 5.12. The van der Waals surface area contributed by atoms with Crippen LogP contribution in [-0.4, -0.2) is 36.7 Å². The molecule has 1 atom stereocenters. The van der Waals surface area contributed by atoms with Gasteiger partial charge in [0.25, 0.3) is 0 Å². The number of rotatable bonds is 1. The highest BCUT2D eigenvalue weighted by molar-refractivity contribution is 5.72. The van der Waals surface area contributed by atoms with E-state index in [0.29, 0.717) is 19.7 Å². The Kier molecular flexibility index (Phi) is 2.70. The fraction of sp³-hybridized carbons (Fsp3) is 0.857. The summed E-state index contributed by atoms with van der Waals surface area (Å²) in [5.74, 6) is 0. The number of nitrogens with zero attached hydrogens (tertiary/aromatic N) is 1. The summed E-state index contributed by atoms with van der Waals surface area (Å²) in [7, 11) is 0. The number of hydrogen-bond donors (Lipinski definition) is 1. The predicted molar refractivity (Wildman–Crippen MR) is 41.2 cm³/mol. The normalized spacial score (nSPS) is 25.2. The smallest absolute Gasteiger partial charge is 0.314 e. The molecule has 4 nitrogen and oxygen atoms in total. The molecule has 0 aromatic carbocycles. The van der Waals surface area contributed by atoms with Crippen molar-refractivity contribution in [2.75, 3.05) is 19.7 Å². The van der Waals surface area contributed by atoms with E-state index >= 15 is 0 Å². The first-order chi connectivity index (χ1) is 5.24. The van der Waals surface area contributed by atoms with Crippen LogP contribution in [0.2, 0.25) is 0 Å². The van der Waals surface area contributed by atoms with Crippen LogP contribution in [0.5, 0.6) is 0 Å². The van der Waals surface area contributed by atoms with E-state index < -0.39 is 0 Å². The summed E-state index contributed by atoms with van der Waals surface area (Å²) >= 11 is 0. The second kappa shape index (κ2) is 3.57. The molecule has 1 fully saturated rings. The van der Waals surface area contributed by atoms with Gasteiger partial charge in [-0.15, -0.1) is 0 Å². The molecule has 1 unspecified atom stereocenters. The van der Waals surface area contributed by atoms with Crippen LogP contribution in [0.4, 0.5) is 4.79 Å². The molecule has 0 spiro atoms. The first-order valence-electron chi connectivity index (χ1n) is 3.90. The van der Waals surface area contributed by atoms with Crippen molar-refractivity contribution in [3.05, 3.63) is 0 Å². The highest BCUT2D eigenvalue weighted by atomic mass is 16.5. The van der Waals surface area contributed by atoms with Crippen molar-refractivity contribution in [3.63, 3.8) is 0 Å². The molecule has 0 radical (unpaired) electrons. The second-order valence-electron chi connectivity index (χ2n) is 2.69. The second-order valence-corrected chi connectivity index (χ2v) is 2.69. The molecule has 1 saturated heterocycles. The summed E-state index contributed by atoms with van der Waals surface area (Å²) in [4.78, 5) is 12.3. The summed E-state index contributed by atoms with van der Waals surface area (Å²) in [6.07, 6.45) is 1.11. The highest BCUT2D eigenvalue weighted by Gasteiger charge is 2.20. The Labute approximate surface area is 66.3 Å². The van der Waals surface area contributed by atoms with Gasteiger partial charge in [-0.3, -0.25) is 0 Å². The van der Waals surface area contributed by atoms with Crippen LogP contribution in [-0.2, 0) is 4.74 Å². The molecule has 4 heteroatoms. The maximum Gasteiger partial charge on any atom is 0.314 e. The van der Waals surface area contributed by atoms with E-state index in [-0.39, 0.29) is 12.1 Å². The number of hydrogen-bond acceptors (Lipinski definition) is 2. The molecule has 0 aliphatic carbocycles. The van der Waals surface area contributed by atoms with Crippen LogP contribution in [0, 0.1) is 0 Å². The minimum absolute atomic E-state index is 0.177. The van der Waals surface area contributed by atoms with Crippen molar-refractivity contribution in [1.29, 1.82) is 0 Å². The standard InChI is InChI=1S/C7H14N2O2/c1-2-6-5-9(7(8)10)3-4-11-6/h6H,2-5H2,1H3,(H2,8,10). The first kappa shape index (κ1) is 8.33. The van der Waals surface area contributed by atoms with Crippen molar-refractivity contribution in [2.24, 2.45) is 5.73 Å². The molecule has 1 aliphatic rings. The molecule has 2 N–H and O–H groups in total. The lowest BCUT2D eigenvalue weighted by atomic mass is 10.2. The molecule has 11 heavy (non-hydrogen) atoms. The van der Waals surface area contributed by atoms with E-state index in [1.54, 1.807) is 4.90 Å². The van der Waals surface area contributed by atoms with E-state index in [2.05, 4.69) is 0 Å². The van der Waals surface area contributed by atoms with Crippen LogP contribution < -0.4 is 5.73 Å². The molecule has 2 amide bonds. The van der Waals surface area contributed by atoms with Gasteiger partial charge in [0.1, 0.15) is 0 Å². The van der Waals surface area contributed by atoms with E-state index in [1.165, 1.54) is 0 Å². The molecule has 0 saturated carbocycles. The minimum Gasteiger partial charge on any atom is -0.375 e. The van der Waals surface area contributed by atoms with E-state index in [1.807, 2.05) is 6.92 Å². The zero-order chi connectivity index (χ0) is 8.27. The van der Waals surface area contributed by atoms with E-state index in [9.17, 15) is 4.79 Å². The maximum absolute atomic E-state index is 10.7. The third-order valence-electron chi connectivity index (χ3n) is 1.91. The molecular weight excluding hydrogens is 144 g/mol. The maximum atomic E-state index is 10.7. The molecule has 0 bridgehead atoms. The van der Waals surface area contributed by atoms with Gasteiger partial charge in [-0.25, -0.2) is 4.79 Å². The number of primary amides is 1. The van der Waals surface area contributed by atoms with Crippen molar-refractivity contribution in [2.45, 2.75) is 19.4 Å². The first-order valence-corrected chi connectivity index (χ1v) is 3.90. The van der Waals surface area contributed by atoms with Crippen molar-refractivity contribution in [1.82, 2.24) is 4.90 Å². The fourth-order valence-electron chi connectivity index (χ4n) is 1.17. The molecule has 1 rings (SSSR count). The number of carbonyl (C=O) groups excluding carboxylic acids is 1. The SMILES string of the molecule is CCC1CN(C(N)=O)CCO1. The third-order valence-corrected chi connectivity index (χ3v) is 1.91. The highest BCUT2D eigenvalue weighted by Crippen LogP contribution is 2.06. The van der Waals surface area contributed by atoms with E-state index in [4.69, 9.17) is 10.5 Å². The molecular formula is C7H14N2O2. The quantitative estimate of drug-likeness (QED) is 0.591. The third kappa shape index (κ3) is 2.08. The number of nitrogens with two attached hydrogens (primary N) is 1. The van der Waals surface area contributed by atoms with Gasteiger partial charge in [-0.2, -0.15) is 0 Å². The Bertz CT molecular complexity index is 149. The summed E-state index contributed by atoms with van der Waals surface area (Å²) in [6.45, 7) is 3.92. The number of carbonyl (C=O) groups is 1. The Morgan fingerprint density at radius 2 is 2.55 bits per heavy atom. The predicted octanol–water partition coefficient (Wildman–Crippen LogP) is 0.176. The van der Waals surface area contributed by atoms with Crippen LogP contribution in [0.25, 0.3) is 0 Å². The Morgan fingerprint density at radius 3 is 3.09 bits per heavy atom. The van der Waals surface area contributed by atoms with Crippen LogP contribution in [0.15, 0.2) is 0 Å².